The first kappa shape index (κ1) is 36.9. The fourth-order valence-electron chi connectivity index (χ4n) is 9.76. The fourth-order valence-corrected chi connectivity index (χ4v) is 9.95. The van der Waals surface area contributed by atoms with Crippen molar-refractivity contribution in [3.8, 4) is 17.2 Å². The van der Waals surface area contributed by atoms with Crippen LogP contribution in [0.3, 0.4) is 0 Å². The van der Waals surface area contributed by atoms with E-state index in [-0.39, 0.29) is 11.5 Å². The third-order valence-corrected chi connectivity index (χ3v) is 12.9. The number of ether oxygens (including phenoxy) is 3. The van der Waals surface area contributed by atoms with Gasteiger partial charge in [0.15, 0.2) is 11.5 Å². The number of rotatable bonds is 12. The van der Waals surface area contributed by atoms with Crippen LogP contribution in [-0.2, 0) is 23.1 Å². The number of hydrogen-bond donors (Lipinski definition) is 2. The second-order valence-electron chi connectivity index (χ2n) is 16.0. The highest BCUT2D eigenvalue weighted by molar-refractivity contribution is 6.30. The number of pyridine rings is 1. The van der Waals surface area contributed by atoms with Gasteiger partial charge >= 0.3 is 5.97 Å². The molecule has 7 rings (SSSR count). The molecule has 0 radical (unpaired) electrons. The maximum Gasteiger partial charge on any atom is 0.329 e. The molecular formula is C43H56ClN3O5. The van der Waals surface area contributed by atoms with Crippen LogP contribution in [0.2, 0.25) is 5.02 Å². The molecular weight excluding hydrogens is 674 g/mol. The number of aromatic nitrogens is 1. The summed E-state index contributed by atoms with van der Waals surface area (Å²) in [5.41, 5.74) is 4.59. The third kappa shape index (κ3) is 7.35. The minimum absolute atomic E-state index is 0.0547. The van der Waals surface area contributed by atoms with Crippen LogP contribution in [-0.4, -0.2) is 65.5 Å². The minimum Gasteiger partial charge on any atom is -0.493 e. The van der Waals surface area contributed by atoms with Gasteiger partial charge in [0.05, 0.1) is 13.2 Å². The molecule has 1 aliphatic heterocycles. The number of likely N-dealkylation sites (N-methyl/N-ethyl adjacent to an activating group) is 1. The molecule has 9 heteroatoms. The number of hydrogen-bond acceptors (Lipinski definition) is 7. The molecule has 1 fully saturated rings. The molecule has 0 saturated heterocycles. The van der Waals surface area contributed by atoms with Crippen LogP contribution in [0.25, 0.3) is 0 Å². The van der Waals surface area contributed by atoms with Gasteiger partial charge in [0.2, 0.25) is 0 Å². The number of nitrogens with zero attached hydrogens (tertiary/aromatic N) is 2. The Morgan fingerprint density at radius 1 is 1.12 bits per heavy atom. The number of fused-ring (bicyclic) bond motifs is 4. The molecule has 280 valence electrons. The van der Waals surface area contributed by atoms with Gasteiger partial charge in [-0.2, -0.15) is 0 Å². The van der Waals surface area contributed by atoms with Crippen LogP contribution in [0.4, 0.5) is 5.69 Å². The highest BCUT2D eigenvalue weighted by Crippen LogP contribution is 2.58. The van der Waals surface area contributed by atoms with Gasteiger partial charge in [0.25, 0.3) is 0 Å². The number of nitrogens with one attached hydrogen (secondary N) is 1. The van der Waals surface area contributed by atoms with Crippen LogP contribution < -0.4 is 19.5 Å². The first-order valence-electron chi connectivity index (χ1n) is 19.7. The fraction of sp³-hybridized carbons (Fsp3) is 0.581. The van der Waals surface area contributed by atoms with Gasteiger partial charge in [-0.1, -0.05) is 45.4 Å². The largest absolute Gasteiger partial charge is 0.493 e. The topological polar surface area (TPSA) is 93.2 Å². The second kappa shape index (κ2) is 15.5. The number of carbonyl (C=O) groups is 1. The Bertz CT molecular complexity index is 1740. The lowest BCUT2D eigenvalue weighted by Gasteiger charge is -2.47. The molecule has 2 N–H and O–H groups in total. The molecule has 4 atom stereocenters. The van der Waals surface area contributed by atoms with Gasteiger partial charge < -0.3 is 29.5 Å². The summed E-state index contributed by atoms with van der Waals surface area (Å²) in [5.74, 6) is 2.93. The van der Waals surface area contributed by atoms with Crippen LogP contribution in [0.5, 0.6) is 17.2 Å². The number of halogens is 1. The van der Waals surface area contributed by atoms with E-state index in [1.54, 1.807) is 0 Å². The van der Waals surface area contributed by atoms with E-state index in [4.69, 9.17) is 25.8 Å². The molecule has 1 aromatic heterocycles. The summed E-state index contributed by atoms with van der Waals surface area (Å²) < 4.78 is 19.7. The lowest BCUT2D eigenvalue weighted by Crippen LogP contribution is -2.53. The molecule has 0 amide bonds. The Hall–Kier alpha value is -3.49. The summed E-state index contributed by atoms with van der Waals surface area (Å²) in [6.45, 7) is 13.1. The average Bonchev–Trinajstić information content (AvgIpc) is 3.26. The molecule has 0 unspecified atom stereocenters. The second-order valence-corrected chi connectivity index (χ2v) is 16.4. The first-order valence-corrected chi connectivity index (χ1v) is 20.1. The maximum absolute atomic E-state index is 13.1. The Kier molecular flexibility index (Phi) is 11.0. The molecule has 1 saturated carbocycles. The number of benzene rings is 2. The standard InChI is InChI=1S/C43H56ClN3O5/c1-5-47(6-2)26-34-14-20-50-38-23-30-22-31(21-28(3)27-51-37-13-19-45-36-12-7-9-29(4)40(36)37)42(35(30)25-39(38)52-34)15-17-43(18-16-42,41(48)49)46-33-11-8-10-32(44)24-33/h8,10-11,13,19,23-25,28-29,31,34,46H,5-7,9,12,14-18,20-22,26-27H2,1-4H3,(H,48,49)/t28-,29-,31+,34+,42?,43?/m1/s1. The molecule has 2 heterocycles. The summed E-state index contributed by atoms with van der Waals surface area (Å²) in [7, 11) is 0. The van der Waals surface area contributed by atoms with Crippen molar-refractivity contribution in [2.75, 3.05) is 38.2 Å². The number of carboxylic acids is 1. The van der Waals surface area contributed by atoms with E-state index in [9.17, 15) is 9.90 Å². The number of aliphatic carboxylic acids is 1. The lowest BCUT2D eigenvalue weighted by molar-refractivity contribution is -0.144. The molecule has 8 nitrogen and oxygen atoms in total. The summed E-state index contributed by atoms with van der Waals surface area (Å²) in [6.07, 6.45) is 10.6. The quantitative estimate of drug-likeness (QED) is 0.191. The van der Waals surface area contributed by atoms with E-state index in [0.29, 0.717) is 48.8 Å². The SMILES string of the molecule is CCN(CC)C[C@@H]1CCOc2cc3c(cc2O1)C1(CCC(Nc2cccc(Cl)c2)(C(=O)O)CC1)[C@@H](C[C@@H](C)COc1ccnc2c1[C@H](C)CCC2)C3. The van der Waals surface area contributed by atoms with Crippen LogP contribution in [0.15, 0.2) is 48.7 Å². The van der Waals surface area contributed by atoms with Crippen molar-refractivity contribution >= 4 is 23.3 Å². The Morgan fingerprint density at radius 3 is 2.67 bits per heavy atom. The van der Waals surface area contributed by atoms with E-state index in [1.165, 1.54) is 35.2 Å². The normalized spacial score (nSPS) is 27.1. The molecule has 3 aliphatic carbocycles. The molecule has 1 spiro atoms. The van der Waals surface area contributed by atoms with Crippen LogP contribution >= 0.6 is 11.6 Å². The van der Waals surface area contributed by atoms with E-state index in [0.717, 1.165) is 81.1 Å². The molecule has 3 aromatic rings. The van der Waals surface area contributed by atoms with Crippen molar-refractivity contribution in [1.29, 1.82) is 0 Å². The van der Waals surface area contributed by atoms with E-state index in [1.807, 2.05) is 36.5 Å². The predicted molar refractivity (Wildman–Crippen MR) is 206 cm³/mol. The third-order valence-electron chi connectivity index (χ3n) is 12.7. The van der Waals surface area contributed by atoms with Gasteiger partial charge in [0.1, 0.15) is 17.4 Å². The predicted octanol–water partition coefficient (Wildman–Crippen LogP) is 9.07. The van der Waals surface area contributed by atoms with Gasteiger partial charge in [-0.25, -0.2) is 4.79 Å². The smallest absolute Gasteiger partial charge is 0.329 e. The van der Waals surface area contributed by atoms with Crippen molar-refractivity contribution in [1.82, 2.24) is 9.88 Å². The van der Waals surface area contributed by atoms with Crippen LogP contribution in [0, 0.1) is 11.8 Å². The summed E-state index contributed by atoms with van der Waals surface area (Å²) in [5, 5.41) is 14.7. The van der Waals surface area contributed by atoms with Crippen molar-refractivity contribution in [2.24, 2.45) is 11.8 Å². The van der Waals surface area contributed by atoms with Crippen molar-refractivity contribution < 1.29 is 24.1 Å². The average molecular weight is 730 g/mol. The van der Waals surface area contributed by atoms with Gasteiger partial charge in [-0.05, 0) is 142 Å². The molecule has 52 heavy (non-hydrogen) atoms. The first-order chi connectivity index (χ1) is 25.1. The summed E-state index contributed by atoms with van der Waals surface area (Å²) in [4.78, 5) is 20.2. The van der Waals surface area contributed by atoms with Crippen LogP contribution in [0.1, 0.15) is 107 Å². The highest BCUT2D eigenvalue weighted by atomic mass is 35.5. The van der Waals surface area contributed by atoms with Crippen molar-refractivity contribution in [2.45, 2.75) is 115 Å². The number of carboxylic acid groups (broad SMARTS) is 1. The lowest BCUT2D eigenvalue weighted by atomic mass is 9.59. The number of anilines is 1. The van der Waals surface area contributed by atoms with Gasteiger partial charge in [-0.3, -0.25) is 4.98 Å². The maximum atomic E-state index is 13.1. The van der Waals surface area contributed by atoms with E-state index < -0.39 is 11.5 Å². The monoisotopic (exact) mass is 729 g/mol. The van der Waals surface area contributed by atoms with Gasteiger partial charge in [-0.15, -0.1) is 0 Å². The number of aryl methyl sites for hydroxylation is 1. The van der Waals surface area contributed by atoms with Gasteiger partial charge in [0, 0.05) is 41.1 Å². The molecule has 4 aliphatic rings. The highest BCUT2D eigenvalue weighted by Gasteiger charge is 2.54. The summed E-state index contributed by atoms with van der Waals surface area (Å²) >= 11 is 6.32. The van der Waals surface area contributed by atoms with E-state index >= 15 is 0 Å². The zero-order chi connectivity index (χ0) is 36.5. The zero-order valence-electron chi connectivity index (χ0n) is 31.4. The molecule has 2 aromatic carbocycles. The van der Waals surface area contributed by atoms with E-state index in [2.05, 4.69) is 55.0 Å². The van der Waals surface area contributed by atoms with Crippen molar-refractivity contribution in [3.05, 3.63) is 76.1 Å². The Balaban J connectivity index is 1.16. The Labute approximate surface area is 314 Å². The minimum atomic E-state index is -1.07. The Morgan fingerprint density at radius 2 is 1.92 bits per heavy atom. The zero-order valence-corrected chi connectivity index (χ0v) is 32.1. The summed E-state index contributed by atoms with van der Waals surface area (Å²) in [6, 6.07) is 13.9. The van der Waals surface area contributed by atoms with Crippen molar-refractivity contribution in [3.63, 3.8) is 0 Å². The molecule has 0 bridgehead atoms.